The van der Waals surface area contributed by atoms with E-state index in [1.54, 1.807) is 41.1 Å². The van der Waals surface area contributed by atoms with Gasteiger partial charge in [0.05, 0.1) is 17.2 Å². The molecule has 2 heterocycles. The molecule has 0 spiro atoms. The van der Waals surface area contributed by atoms with Gasteiger partial charge in [-0.15, -0.1) is 0 Å². The minimum absolute atomic E-state index is 0.171. The summed E-state index contributed by atoms with van der Waals surface area (Å²) in [6.07, 6.45) is 4.54. The molecular formula is C21H16F2N2O3S. The molecule has 0 fully saturated rings. The summed E-state index contributed by atoms with van der Waals surface area (Å²) in [4.78, 5) is 4.72. The van der Waals surface area contributed by atoms with E-state index >= 15 is 0 Å². The van der Waals surface area contributed by atoms with E-state index in [1.807, 2.05) is 0 Å². The second-order valence-electron chi connectivity index (χ2n) is 6.65. The van der Waals surface area contributed by atoms with Crippen LogP contribution in [0.2, 0.25) is 0 Å². The Hall–Kier alpha value is -3.10. The summed E-state index contributed by atoms with van der Waals surface area (Å²) in [5.74, 6) is -1.60. The number of imidazole rings is 1. The first-order valence-corrected chi connectivity index (χ1v) is 10.5. The quantitative estimate of drug-likeness (QED) is 0.551. The zero-order valence-corrected chi connectivity index (χ0v) is 16.1. The van der Waals surface area contributed by atoms with Crippen LogP contribution in [-0.4, -0.2) is 29.2 Å². The Morgan fingerprint density at radius 3 is 2.31 bits per heavy atom. The molecular weight excluding hydrogens is 398 g/mol. The monoisotopic (exact) mass is 414 g/mol. The van der Waals surface area contributed by atoms with Gasteiger partial charge >= 0.3 is 0 Å². The largest absolute Gasteiger partial charge is 0.391 e. The minimum Gasteiger partial charge on any atom is -0.391 e. The Labute approximate surface area is 165 Å². The molecule has 0 amide bonds. The first-order valence-electron chi connectivity index (χ1n) is 8.65. The number of hydrogen-bond acceptors (Lipinski definition) is 4. The molecule has 0 bridgehead atoms. The fourth-order valence-electron chi connectivity index (χ4n) is 3.13. The van der Waals surface area contributed by atoms with Crippen LogP contribution in [0, 0.1) is 11.6 Å². The van der Waals surface area contributed by atoms with Crippen molar-refractivity contribution in [2.45, 2.75) is 11.5 Å². The molecule has 1 N–H and O–H groups in total. The average molecular weight is 414 g/mol. The van der Waals surface area contributed by atoms with Gasteiger partial charge in [-0.05, 0) is 36.4 Å². The topological polar surface area (TPSA) is 71.7 Å². The van der Waals surface area contributed by atoms with Crippen LogP contribution < -0.4 is 0 Å². The number of hydrogen-bond donors (Lipinski definition) is 1. The molecule has 148 valence electrons. The number of aromatic nitrogens is 2. The number of aliphatic hydroxyl groups is 1. The van der Waals surface area contributed by atoms with Crippen LogP contribution >= 0.6 is 0 Å². The lowest BCUT2D eigenvalue weighted by Crippen LogP contribution is -1.98. The molecule has 2 aromatic heterocycles. The van der Waals surface area contributed by atoms with Crippen molar-refractivity contribution in [3.8, 4) is 22.4 Å². The Balaban J connectivity index is 1.76. The summed E-state index contributed by atoms with van der Waals surface area (Å²) in [5, 5.41) is 9.21. The lowest BCUT2D eigenvalue weighted by atomic mass is 10.0. The lowest BCUT2D eigenvalue weighted by Gasteiger charge is -2.08. The summed E-state index contributed by atoms with van der Waals surface area (Å²) in [6, 6.07) is 12.2. The zero-order valence-electron chi connectivity index (χ0n) is 15.3. The van der Waals surface area contributed by atoms with Crippen molar-refractivity contribution >= 4 is 15.5 Å². The van der Waals surface area contributed by atoms with E-state index in [-0.39, 0.29) is 16.0 Å². The molecule has 4 aromatic rings. The van der Waals surface area contributed by atoms with Crippen molar-refractivity contribution < 1.29 is 22.3 Å². The van der Waals surface area contributed by atoms with Gasteiger partial charge in [0.1, 0.15) is 17.3 Å². The third kappa shape index (κ3) is 3.52. The summed E-state index contributed by atoms with van der Waals surface area (Å²) in [6.45, 7) is -0.730. The molecule has 0 atom stereocenters. The van der Waals surface area contributed by atoms with Gasteiger partial charge in [0.2, 0.25) is 0 Å². The van der Waals surface area contributed by atoms with Crippen LogP contribution in [-0.2, 0) is 16.4 Å². The third-order valence-electron chi connectivity index (χ3n) is 4.68. The van der Waals surface area contributed by atoms with Gasteiger partial charge in [-0.1, -0.05) is 12.1 Å². The van der Waals surface area contributed by atoms with Gasteiger partial charge in [-0.3, -0.25) is 0 Å². The smallest absolute Gasteiger partial charge is 0.175 e. The number of nitrogens with zero attached hydrogens (tertiary/aromatic N) is 2. The second kappa shape index (κ2) is 7.06. The van der Waals surface area contributed by atoms with E-state index in [4.69, 9.17) is 0 Å². The molecule has 2 aromatic carbocycles. The van der Waals surface area contributed by atoms with Gasteiger partial charge < -0.3 is 9.51 Å². The molecule has 0 aliphatic carbocycles. The Morgan fingerprint density at radius 1 is 0.966 bits per heavy atom. The zero-order chi connectivity index (χ0) is 20.8. The van der Waals surface area contributed by atoms with Crippen LogP contribution in [0.1, 0.15) is 5.56 Å². The van der Waals surface area contributed by atoms with Crippen molar-refractivity contribution in [2.75, 3.05) is 6.26 Å². The Bertz CT molecular complexity index is 1330. The van der Waals surface area contributed by atoms with Crippen LogP contribution in [0.15, 0.2) is 65.8 Å². The maximum Gasteiger partial charge on any atom is 0.175 e. The van der Waals surface area contributed by atoms with E-state index in [1.165, 1.54) is 18.2 Å². The predicted molar refractivity (Wildman–Crippen MR) is 105 cm³/mol. The third-order valence-corrected chi connectivity index (χ3v) is 5.81. The molecule has 0 aliphatic rings. The fourth-order valence-corrected chi connectivity index (χ4v) is 3.76. The number of benzene rings is 2. The van der Waals surface area contributed by atoms with Crippen molar-refractivity contribution in [3.05, 3.63) is 78.1 Å². The molecule has 0 saturated carbocycles. The molecule has 0 radical (unpaired) electrons. The lowest BCUT2D eigenvalue weighted by molar-refractivity contribution is 0.269. The SMILES string of the molecule is CS(=O)(=O)c1ccc(-c2cn3cc(-c4ccc(F)c(CO)c4F)ccc3n2)cc1. The number of fused-ring (bicyclic) bond motifs is 1. The van der Waals surface area contributed by atoms with Crippen LogP contribution in [0.4, 0.5) is 8.78 Å². The molecule has 0 saturated heterocycles. The van der Waals surface area contributed by atoms with Gasteiger partial charge in [0.15, 0.2) is 9.84 Å². The normalized spacial score (nSPS) is 11.9. The first-order chi connectivity index (χ1) is 13.8. The summed E-state index contributed by atoms with van der Waals surface area (Å²) in [7, 11) is -3.28. The van der Waals surface area contributed by atoms with E-state index in [2.05, 4.69) is 4.98 Å². The van der Waals surface area contributed by atoms with Crippen molar-refractivity contribution in [1.29, 1.82) is 0 Å². The summed E-state index contributed by atoms with van der Waals surface area (Å²) < 4.78 is 53.1. The van der Waals surface area contributed by atoms with Crippen molar-refractivity contribution in [3.63, 3.8) is 0 Å². The molecule has 4 rings (SSSR count). The molecule has 5 nitrogen and oxygen atoms in total. The predicted octanol–water partition coefficient (Wildman–Crippen LogP) is 3.84. The highest BCUT2D eigenvalue weighted by atomic mass is 32.2. The number of halogens is 2. The highest BCUT2D eigenvalue weighted by Crippen LogP contribution is 2.28. The second-order valence-corrected chi connectivity index (χ2v) is 8.67. The molecule has 8 heteroatoms. The standard InChI is InChI=1S/C21H16F2N2O3S/c1-29(27,28)15-5-2-13(3-6-15)19-11-25-10-14(4-9-20(25)24-19)16-7-8-18(22)17(12-26)21(16)23/h2-11,26H,12H2,1H3. The van der Waals surface area contributed by atoms with Crippen molar-refractivity contribution in [2.24, 2.45) is 0 Å². The van der Waals surface area contributed by atoms with E-state index in [0.717, 1.165) is 17.9 Å². The Morgan fingerprint density at radius 2 is 1.66 bits per heavy atom. The highest BCUT2D eigenvalue weighted by molar-refractivity contribution is 7.90. The highest BCUT2D eigenvalue weighted by Gasteiger charge is 2.15. The van der Waals surface area contributed by atoms with E-state index in [0.29, 0.717) is 16.9 Å². The molecule has 0 unspecified atom stereocenters. The fraction of sp³-hybridized carbons (Fsp3) is 0.0952. The Kier molecular flexibility index (Phi) is 4.68. The number of pyridine rings is 1. The maximum atomic E-state index is 14.5. The van der Waals surface area contributed by atoms with Crippen LogP contribution in [0.25, 0.3) is 28.0 Å². The van der Waals surface area contributed by atoms with Gasteiger partial charge in [0, 0.05) is 40.9 Å². The van der Waals surface area contributed by atoms with Gasteiger partial charge in [-0.2, -0.15) is 0 Å². The number of sulfone groups is 1. The molecule has 0 aliphatic heterocycles. The summed E-state index contributed by atoms with van der Waals surface area (Å²) in [5.41, 5.74) is 2.27. The van der Waals surface area contributed by atoms with Crippen LogP contribution in [0.5, 0.6) is 0 Å². The first kappa shape index (κ1) is 19.2. The number of rotatable bonds is 4. The number of aliphatic hydroxyl groups excluding tert-OH is 1. The summed E-state index contributed by atoms with van der Waals surface area (Å²) >= 11 is 0. The minimum atomic E-state index is -3.28. The van der Waals surface area contributed by atoms with Crippen LogP contribution in [0.3, 0.4) is 0 Å². The van der Waals surface area contributed by atoms with E-state index in [9.17, 15) is 22.3 Å². The van der Waals surface area contributed by atoms with E-state index < -0.39 is 28.1 Å². The van der Waals surface area contributed by atoms with Gasteiger partial charge in [-0.25, -0.2) is 22.2 Å². The van der Waals surface area contributed by atoms with Gasteiger partial charge in [0.25, 0.3) is 0 Å². The maximum absolute atomic E-state index is 14.5. The average Bonchev–Trinajstić information content (AvgIpc) is 3.11. The molecule has 29 heavy (non-hydrogen) atoms. The van der Waals surface area contributed by atoms with Crippen molar-refractivity contribution in [1.82, 2.24) is 9.38 Å².